The first-order chi connectivity index (χ1) is 37.3. The van der Waals surface area contributed by atoms with Crippen molar-refractivity contribution in [1.82, 2.24) is 21.5 Å². The van der Waals surface area contributed by atoms with Gasteiger partial charge in [-0.05, 0) is 96.8 Å². The van der Waals surface area contributed by atoms with Gasteiger partial charge in [0.25, 0.3) is 11.8 Å². The molecule has 77 heavy (non-hydrogen) atoms. The number of rotatable bonds is 22. The van der Waals surface area contributed by atoms with E-state index in [0.29, 0.717) is 101 Å². The Hall–Kier alpha value is -8.45. The summed E-state index contributed by atoms with van der Waals surface area (Å²) in [7, 11) is 3.01. The van der Waals surface area contributed by atoms with Crippen LogP contribution in [0.3, 0.4) is 0 Å². The number of carbonyl (C=O) groups excluding carboxylic acids is 6. The topological polar surface area (TPSA) is 230 Å². The zero-order valence-electron chi connectivity index (χ0n) is 44.0. The molecule has 19 nitrogen and oxygen atoms in total. The number of amides is 6. The SMILES string of the molecule is CCC(C)CNNC(=O)CCCCC(=O)NCC(=O)NC(C)C(=O)Nc1cc(COc2cc3c(cc2OC)C(=O)N2c4ccccc4C[C@H]2C=N3)cc(COc2cc3c(cc2OC)C(=O)N2c4ccccc4CC2CN3)c1. The Morgan fingerprint density at radius 3 is 2.04 bits per heavy atom. The predicted octanol–water partition coefficient (Wildman–Crippen LogP) is 6.93. The molecule has 0 radical (unpaired) electrons. The van der Waals surface area contributed by atoms with Crippen molar-refractivity contribution in [3.63, 3.8) is 0 Å². The van der Waals surface area contributed by atoms with Crippen LogP contribution in [0.5, 0.6) is 23.0 Å². The Bertz CT molecular complexity index is 3110. The van der Waals surface area contributed by atoms with Crippen molar-refractivity contribution in [2.75, 3.05) is 54.3 Å². The summed E-state index contributed by atoms with van der Waals surface area (Å²) < 4.78 is 24.4. The lowest BCUT2D eigenvalue weighted by Gasteiger charge is -2.22. The number of carbonyl (C=O) groups is 6. The van der Waals surface area contributed by atoms with Gasteiger partial charge in [0.1, 0.15) is 19.3 Å². The largest absolute Gasteiger partial charge is 0.493 e. The number of unbranched alkanes of at least 4 members (excludes halogenated alkanes) is 1. The number of methoxy groups -OCH3 is 2. The maximum absolute atomic E-state index is 14.1. The van der Waals surface area contributed by atoms with Crippen LogP contribution in [-0.2, 0) is 45.2 Å². The summed E-state index contributed by atoms with van der Waals surface area (Å²) in [5.41, 5.74) is 13.0. The van der Waals surface area contributed by atoms with Gasteiger partial charge in [0.05, 0.1) is 55.3 Å². The molecule has 0 fully saturated rings. The highest BCUT2D eigenvalue weighted by Gasteiger charge is 2.39. The van der Waals surface area contributed by atoms with Crippen LogP contribution < -0.4 is 60.9 Å². The molecular formula is C58H65N9O10. The highest BCUT2D eigenvalue weighted by molar-refractivity contribution is 6.15. The monoisotopic (exact) mass is 1050 g/mol. The average Bonchev–Trinajstić information content (AvgIpc) is 3.96. The van der Waals surface area contributed by atoms with Gasteiger partial charge in [-0.2, -0.15) is 0 Å². The van der Waals surface area contributed by atoms with E-state index in [4.69, 9.17) is 23.9 Å². The van der Waals surface area contributed by atoms with Gasteiger partial charge in [0.2, 0.25) is 23.6 Å². The van der Waals surface area contributed by atoms with Crippen LogP contribution in [0.4, 0.5) is 28.4 Å². The van der Waals surface area contributed by atoms with Gasteiger partial charge in [0, 0.05) is 67.8 Å². The molecule has 0 saturated carbocycles. The van der Waals surface area contributed by atoms with E-state index in [-0.39, 0.29) is 68.3 Å². The van der Waals surface area contributed by atoms with E-state index in [9.17, 15) is 28.8 Å². The fourth-order valence-corrected chi connectivity index (χ4v) is 9.90. The molecule has 402 valence electrons. The second kappa shape index (κ2) is 24.0. The van der Waals surface area contributed by atoms with Crippen molar-refractivity contribution in [3.8, 4) is 23.0 Å². The van der Waals surface area contributed by atoms with Crippen LogP contribution in [0.25, 0.3) is 0 Å². The van der Waals surface area contributed by atoms with E-state index >= 15 is 0 Å². The van der Waals surface area contributed by atoms with E-state index in [2.05, 4.69) is 46.0 Å². The van der Waals surface area contributed by atoms with Gasteiger partial charge in [-0.15, -0.1) is 0 Å². The minimum Gasteiger partial charge on any atom is -0.493 e. The molecule has 0 aliphatic carbocycles. The number of benzene rings is 5. The zero-order chi connectivity index (χ0) is 54.2. The quantitative estimate of drug-likeness (QED) is 0.0306. The molecule has 0 saturated heterocycles. The lowest BCUT2D eigenvalue weighted by Crippen LogP contribution is -2.45. The molecule has 0 spiro atoms. The summed E-state index contributed by atoms with van der Waals surface area (Å²) in [6, 6.07) is 26.5. The standard InChI is InChI=1S/C58H65N9O10/c1-6-34(2)28-62-65-54(69)18-12-11-17-53(68)61-31-55(70)63-35(3)56(71)64-40-20-36(32-76-51-26-45-43(24-49(51)74-4)57(72)66-41(29-59-45)22-38-13-7-9-15-47(38)66)19-37(21-40)33-77-52-27-46-44(25-50(52)75-5)58(73)67-42(30-60-46)23-39-14-8-10-16-48(39)67/h7-10,13-16,19-21,24-27,29,34-35,41-42,60,62H,6,11-12,17-18,22-23,28,30-33H2,1-5H3,(H,61,68)(H,63,70)(H,64,71)(H,65,69)/t34?,35?,41-,42?/m0/s1. The third-order valence-corrected chi connectivity index (χ3v) is 14.2. The number of hydrazine groups is 1. The Labute approximate surface area is 447 Å². The normalized spacial score (nSPS) is 16.4. The number of hydrogen-bond acceptors (Lipinski definition) is 13. The number of ether oxygens (including phenoxy) is 4. The van der Waals surface area contributed by atoms with Crippen LogP contribution in [0.2, 0.25) is 0 Å². The van der Waals surface area contributed by atoms with E-state index < -0.39 is 17.9 Å². The summed E-state index contributed by atoms with van der Waals surface area (Å²) in [6.07, 6.45) is 5.52. The molecule has 4 heterocycles. The van der Waals surface area contributed by atoms with Gasteiger partial charge in [0.15, 0.2) is 23.0 Å². The van der Waals surface area contributed by atoms with Gasteiger partial charge in [-0.25, -0.2) is 5.43 Å². The highest BCUT2D eigenvalue weighted by Crippen LogP contribution is 2.43. The molecule has 6 amide bonds. The maximum Gasteiger partial charge on any atom is 0.261 e. The number of hydrogen-bond donors (Lipinski definition) is 6. The van der Waals surface area contributed by atoms with Crippen LogP contribution in [0.1, 0.15) is 95.8 Å². The summed E-state index contributed by atoms with van der Waals surface area (Å²) >= 11 is 0. The average molecular weight is 1050 g/mol. The second-order valence-corrected chi connectivity index (χ2v) is 19.8. The van der Waals surface area contributed by atoms with Crippen molar-refractivity contribution in [3.05, 3.63) is 124 Å². The number of fused-ring (bicyclic) bond motifs is 8. The molecule has 0 bridgehead atoms. The highest BCUT2D eigenvalue weighted by atomic mass is 16.5. The van der Waals surface area contributed by atoms with Crippen LogP contribution in [-0.4, -0.2) is 93.6 Å². The van der Waals surface area contributed by atoms with Crippen LogP contribution >= 0.6 is 0 Å². The summed E-state index contributed by atoms with van der Waals surface area (Å²) in [6.45, 7) is 6.53. The van der Waals surface area contributed by atoms with Crippen LogP contribution in [0.15, 0.2) is 96.0 Å². The molecule has 5 aromatic rings. The van der Waals surface area contributed by atoms with E-state index in [1.54, 1.807) is 47.5 Å². The van der Waals surface area contributed by atoms with Crippen molar-refractivity contribution in [1.29, 1.82) is 0 Å². The summed E-state index contributed by atoms with van der Waals surface area (Å²) in [4.78, 5) is 87.8. The fourth-order valence-electron chi connectivity index (χ4n) is 9.90. The Morgan fingerprint density at radius 1 is 0.727 bits per heavy atom. The minimum atomic E-state index is -1.01. The molecule has 0 aromatic heterocycles. The zero-order valence-corrected chi connectivity index (χ0v) is 44.0. The second-order valence-electron chi connectivity index (χ2n) is 19.8. The van der Waals surface area contributed by atoms with Crippen molar-refractivity contribution in [2.24, 2.45) is 10.9 Å². The van der Waals surface area contributed by atoms with Crippen LogP contribution in [0, 0.1) is 5.92 Å². The number of para-hydroxylation sites is 2. The fraction of sp³-hybridized carbons (Fsp3) is 0.362. The summed E-state index contributed by atoms with van der Waals surface area (Å²) in [5, 5.41) is 11.6. The van der Waals surface area contributed by atoms with Crippen molar-refractivity contribution >= 4 is 70.1 Å². The Kier molecular flexibility index (Phi) is 16.7. The number of anilines is 4. The smallest absolute Gasteiger partial charge is 0.261 e. The number of nitrogens with one attached hydrogen (secondary N) is 6. The number of aliphatic imine (C=N–C) groups is 1. The lowest BCUT2D eigenvalue weighted by atomic mass is 10.1. The molecule has 4 aliphatic rings. The van der Waals surface area contributed by atoms with E-state index in [1.165, 1.54) is 21.1 Å². The molecule has 9 rings (SSSR count). The molecular weight excluding hydrogens is 983 g/mol. The molecule has 19 heteroatoms. The first-order valence-corrected chi connectivity index (χ1v) is 26.1. The Balaban J connectivity index is 0.879. The minimum absolute atomic E-state index is 0.00348. The molecule has 5 aromatic carbocycles. The molecule has 4 aliphatic heterocycles. The first kappa shape index (κ1) is 53.4. The number of nitrogens with zero attached hydrogens (tertiary/aromatic N) is 3. The third kappa shape index (κ3) is 12.3. The van der Waals surface area contributed by atoms with Crippen molar-refractivity contribution < 1.29 is 47.7 Å². The lowest BCUT2D eigenvalue weighted by molar-refractivity contribution is -0.128. The predicted molar refractivity (Wildman–Crippen MR) is 293 cm³/mol. The molecule has 4 atom stereocenters. The maximum atomic E-state index is 14.1. The third-order valence-electron chi connectivity index (χ3n) is 14.2. The molecule has 6 N–H and O–H groups in total. The van der Waals surface area contributed by atoms with E-state index in [0.717, 1.165) is 35.3 Å². The van der Waals surface area contributed by atoms with Crippen molar-refractivity contribution in [2.45, 2.75) is 97.1 Å². The Morgan fingerprint density at radius 2 is 1.35 bits per heavy atom. The summed E-state index contributed by atoms with van der Waals surface area (Å²) in [5.74, 6) is -0.112. The van der Waals surface area contributed by atoms with Gasteiger partial charge in [-0.1, -0.05) is 56.7 Å². The van der Waals surface area contributed by atoms with Gasteiger partial charge in [-0.3, -0.25) is 44.1 Å². The van der Waals surface area contributed by atoms with E-state index in [1.807, 2.05) is 59.5 Å². The van der Waals surface area contributed by atoms with Gasteiger partial charge >= 0.3 is 0 Å². The first-order valence-electron chi connectivity index (χ1n) is 26.1. The molecule has 3 unspecified atom stereocenters. The van der Waals surface area contributed by atoms with Gasteiger partial charge < -0.3 is 45.1 Å².